The summed E-state index contributed by atoms with van der Waals surface area (Å²) in [5.41, 5.74) is 1.96. The second kappa shape index (κ2) is 5.67. The summed E-state index contributed by atoms with van der Waals surface area (Å²) in [5.74, 6) is 0.672. The third-order valence-corrected chi connectivity index (χ3v) is 3.04. The predicted octanol–water partition coefficient (Wildman–Crippen LogP) is 3.49. The zero-order valence-electron chi connectivity index (χ0n) is 10.5. The lowest BCUT2D eigenvalue weighted by atomic mass is 10.2. The number of nitrogens with zero attached hydrogens (tertiary/aromatic N) is 4. The molecule has 0 aliphatic heterocycles. The fraction of sp³-hybridized carbons (Fsp3) is 0. The second-order valence-electron chi connectivity index (χ2n) is 4.17. The Balaban J connectivity index is 1.89. The third kappa shape index (κ3) is 2.75. The van der Waals surface area contributed by atoms with Crippen molar-refractivity contribution in [2.75, 3.05) is 0 Å². The smallest absolute Gasteiger partial charge is 0.179 e. The van der Waals surface area contributed by atoms with E-state index in [1.165, 1.54) is 0 Å². The standard InChI is InChI=1S/C15H11ClN4/c16-13-9-6-12(7-10-13)8-11-15-17-18-19-20(15)14-4-2-1-3-5-14/h1-11H/b11-8+. The number of halogens is 1. The Morgan fingerprint density at radius 3 is 2.40 bits per heavy atom. The van der Waals surface area contributed by atoms with Crippen LogP contribution in [0, 0.1) is 0 Å². The van der Waals surface area contributed by atoms with Crippen molar-refractivity contribution in [3.05, 3.63) is 71.0 Å². The molecule has 3 rings (SSSR count). The van der Waals surface area contributed by atoms with E-state index in [1.807, 2.05) is 66.7 Å². The Kier molecular flexibility index (Phi) is 3.56. The van der Waals surface area contributed by atoms with E-state index < -0.39 is 0 Å². The molecule has 0 amide bonds. The molecule has 3 aromatic rings. The highest BCUT2D eigenvalue weighted by Gasteiger charge is 2.03. The van der Waals surface area contributed by atoms with Crippen LogP contribution in [0.3, 0.4) is 0 Å². The van der Waals surface area contributed by atoms with Gasteiger partial charge in [0.05, 0.1) is 5.69 Å². The molecule has 4 nitrogen and oxygen atoms in total. The van der Waals surface area contributed by atoms with Crippen molar-refractivity contribution in [3.63, 3.8) is 0 Å². The van der Waals surface area contributed by atoms with E-state index in [4.69, 9.17) is 11.6 Å². The molecule has 1 aromatic heterocycles. The monoisotopic (exact) mass is 282 g/mol. The van der Waals surface area contributed by atoms with Gasteiger partial charge in [-0.25, -0.2) is 0 Å². The van der Waals surface area contributed by atoms with Gasteiger partial charge in [0, 0.05) is 5.02 Å². The van der Waals surface area contributed by atoms with E-state index in [0.29, 0.717) is 5.82 Å². The van der Waals surface area contributed by atoms with Gasteiger partial charge in [0.25, 0.3) is 0 Å². The Labute approximate surface area is 121 Å². The first-order valence-corrected chi connectivity index (χ1v) is 6.48. The Morgan fingerprint density at radius 1 is 0.900 bits per heavy atom. The van der Waals surface area contributed by atoms with Crippen LogP contribution in [-0.2, 0) is 0 Å². The summed E-state index contributed by atoms with van der Waals surface area (Å²) in [6.07, 6.45) is 3.82. The zero-order valence-corrected chi connectivity index (χ0v) is 11.3. The van der Waals surface area contributed by atoms with Gasteiger partial charge in [0.15, 0.2) is 5.82 Å². The van der Waals surface area contributed by atoms with Crippen molar-refractivity contribution in [3.8, 4) is 5.69 Å². The van der Waals surface area contributed by atoms with Crippen LogP contribution in [0.25, 0.3) is 17.8 Å². The van der Waals surface area contributed by atoms with Crippen LogP contribution in [0.15, 0.2) is 54.6 Å². The molecule has 0 aliphatic carbocycles. The van der Waals surface area contributed by atoms with Crippen LogP contribution < -0.4 is 0 Å². The largest absolute Gasteiger partial charge is 0.193 e. The topological polar surface area (TPSA) is 43.6 Å². The van der Waals surface area contributed by atoms with Crippen molar-refractivity contribution >= 4 is 23.8 Å². The molecule has 0 aliphatic rings. The highest BCUT2D eigenvalue weighted by atomic mass is 35.5. The lowest BCUT2D eigenvalue weighted by Crippen LogP contribution is -1.98. The lowest BCUT2D eigenvalue weighted by Gasteiger charge is -2.00. The Bertz CT molecular complexity index is 717. The van der Waals surface area contributed by atoms with Gasteiger partial charge < -0.3 is 0 Å². The first kappa shape index (κ1) is 12.6. The fourth-order valence-electron chi connectivity index (χ4n) is 1.80. The highest BCUT2D eigenvalue weighted by molar-refractivity contribution is 6.30. The SMILES string of the molecule is Clc1ccc(/C=C/c2nnnn2-c2ccccc2)cc1. The summed E-state index contributed by atoms with van der Waals surface area (Å²) in [6.45, 7) is 0. The summed E-state index contributed by atoms with van der Waals surface area (Å²) in [6, 6.07) is 17.3. The van der Waals surface area contributed by atoms with Crippen LogP contribution in [0.4, 0.5) is 0 Å². The molecule has 0 spiro atoms. The van der Waals surface area contributed by atoms with E-state index in [0.717, 1.165) is 16.3 Å². The Hall–Kier alpha value is -2.46. The quantitative estimate of drug-likeness (QED) is 0.738. The van der Waals surface area contributed by atoms with Crippen LogP contribution in [-0.4, -0.2) is 20.2 Å². The minimum absolute atomic E-state index is 0.672. The number of hydrogen-bond donors (Lipinski definition) is 0. The Morgan fingerprint density at radius 2 is 1.65 bits per heavy atom. The van der Waals surface area contributed by atoms with E-state index in [1.54, 1.807) is 4.68 Å². The second-order valence-corrected chi connectivity index (χ2v) is 4.61. The van der Waals surface area contributed by atoms with Crippen LogP contribution in [0.5, 0.6) is 0 Å². The van der Waals surface area contributed by atoms with E-state index >= 15 is 0 Å². The van der Waals surface area contributed by atoms with Gasteiger partial charge in [0.1, 0.15) is 0 Å². The maximum atomic E-state index is 5.86. The van der Waals surface area contributed by atoms with Gasteiger partial charge in [-0.3, -0.25) is 0 Å². The zero-order chi connectivity index (χ0) is 13.8. The van der Waals surface area contributed by atoms with E-state index in [-0.39, 0.29) is 0 Å². The van der Waals surface area contributed by atoms with Crippen molar-refractivity contribution in [1.82, 2.24) is 20.2 Å². The number of benzene rings is 2. The molecule has 0 atom stereocenters. The molecule has 0 saturated heterocycles. The van der Waals surface area contributed by atoms with Gasteiger partial charge in [-0.1, -0.05) is 48.0 Å². The van der Waals surface area contributed by atoms with Gasteiger partial charge in [-0.15, -0.1) is 5.10 Å². The molecular weight excluding hydrogens is 272 g/mol. The van der Waals surface area contributed by atoms with Crippen molar-refractivity contribution < 1.29 is 0 Å². The van der Waals surface area contributed by atoms with Crippen molar-refractivity contribution in [1.29, 1.82) is 0 Å². The van der Waals surface area contributed by atoms with Gasteiger partial charge >= 0.3 is 0 Å². The first-order chi connectivity index (χ1) is 9.83. The molecule has 5 heteroatoms. The van der Waals surface area contributed by atoms with Crippen LogP contribution in [0.1, 0.15) is 11.4 Å². The molecule has 1 heterocycles. The minimum atomic E-state index is 0.672. The van der Waals surface area contributed by atoms with E-state index in [9.17, 15) is 0 Å². The van der Waals surface area contributed by atoms with Crippen molar-refractivity contribution in [2.45, 2.75) is 0 Å². The molecule has 0 bridgehead atoms. The fourth-order valence-corrected chi connectivity index (χ4v) is 1.92. The molecule has 2 aromatic carbocycles. The highest BCUT2D eigenvalue weighted by Crippen LogP contribution is 2.13. The summed E-state index contributed by atoms with van der Waals surface area (Å²) in [4.78, 5) is 0. The molecule has 0 saturated carbocycles. The molecule has 0 unspecified atom stereocenters. The predicted molar refractivity (Wildman–Crippen MR) is 79.5 cm³/mol. The molecule has 20 heavy (non-hydrogen) atoms. The summed E-state index contributed by atoms with van der Waals surface area (Å²) in [5, 5.41) is 12.4. The normalized spacial score (nSPS) is 11.1. The van der Waals surface area contributed by atoms with Crippen LogP contribution >= 0.6 is 11.6 Å². The molecule has 98 valence electrons. The average molecular weight is 283 g/mol. The molecule has 0 N–H and O–H groups in total. The minimum Gasteiger partial charge on any atom is -0.193 e. The number of hydrogen-bond acceptors (Lipinski definition) is 3. The maximum Gasteiger partial charge on any atom is 0.179 e. The first-order valence-electron chi connectivity index (χ1n) is 6.10. The van der Waals surface area contributed by atoms with Crippen molar-refractivity contribution in [2.24, 2.45) is 0 Å². The molecule has 0 radical (unpaired) electrons. The molecular formula is C15H11ClN4. The van der Waals surface area contributed by atoms with Crippen LogP contribution in [0.2, 0.25) is 5.02 Å². The number of tetrazole rings is 1. The number of para-hydroxylation sites is 1. The maximum absolute atomic E-state index is 5.86. The van der Waals surface area contributed by atoms with Gasteiger partial charge in [-0.2, -0.15) is 4.68 Å². The third-order valence-electron chi connectivity index (χ3n) is 2.79. The lowest BCUT2D eigenvalue weighted by molar-refractivity contribution is 0.787. The average Bonchev–Trinajstić information content (AvgIpc) is 2.96. The van der Waals surface area contributed by atoms with Gasteiger partial charge in [-0.05, 0) is 46.3 Å². The summed E-state index contributed by atoms with van der Waals surface area (Å²) in [7, 11) is 0. The number of aromatic nitrogens is 4. The summed E-state index contributed by atoms with van der Waals surface area (Å²) < 4.78 is 1.69. The van der Waals surface area contributed by atoms with E-state index in [2.05, 4.69) is 15.5 Å². The molecule has 0 fully saturated rings. The van der Waals surface area contributed by atoms with Gasteiger partial charge in [0.2, 0.25) is 0 Å². The number of rotatable bonds is 3. The summed E-state index contributed by atoms with van der Waals surface area (Å²) >= 11 is 5.86.